The van der Waals surface area contributed by atoms with Crippen LogP contribution in [0.25, 0.3) is 6.08 Å². The highest BCUT2D eigenvalue weighted by molar-refractivity contribution is 6.12. The molecule has 6 nitrogen and oxygen atoms in total. The van der Waals surface area contributed by atoms with E-state index >= 15 is 0 Å². The second-order valence-electron chi connectivity index (χ2n) is 4.81. The van der Waals surface area contributed by atoms with Crippen molar-refractivity contribution in [2.75, 3.05) is 7.11 Å². The number of furan rings is 1. The van der Waals surface area contributed by atoms with Gasteiger partial charge >= 0.3 is 11.9 Å². The number of carbonyl (C=O) groups excluding carboxylic acids is 2. The van der Waals surface area contributed by atoms with Crippen molar-refractivity contribution < 1.29 is 23.5 Å². The van der Waals surface area contributed by atoms with E-state index < -0.39 is 11.9 Å². The van der Waals surface area contributed by atoms with Gasteiger partial charge in [0.05, 0.1) is 7.11 Å². The lowest BCUT2D eigenvalue weighted by Crippen LogP contribution is -2.04. The second-order valence-corrected chi connectivity index (χ2v) is 4.81. The number of benzene rings is 1. The van der Waals surface area contributed by atoms with Crippen LogP contribution in [0.1, 0.15) is 27.4 Å². The quantitative estimate of drug-likeness (QED) is 0.643. The molecule has 116 valence electrons. The van der Waals surface area contributed by atoms with E-state index in [1.54, 1.807) is 19.1 Å². The minimum atomic E-state index is -0.572. The van der Waals surface area contributed by atoms with Crippen molar-refractivity contribution in [2.24, 2.45) is 4.99 Å². The number of aliphatic imine (C=N–C) groups is 1. The van der Waals surface area contributed by atoms with Crippen LogP contribution < -0.4 is 0 Å². The molecule has 0 radical (unpaired) electrons. The van der Waals surface area contributed by atoms with Gasteiger partial charge in [0, 0.05) is 11.6 Å². The van der Waals surface area contributed by atoms with Crippen LogP contribution in [0.2, 0.25) is 0 Å². The molecule has 0 aliphatic carbocycles. The van der Waals surface area contributed by atoms with Gasteiger partial charge in [0.1, 0.15) is 17.1 Å². The minimum absolute atomic E-state index is 0.106. The third kappa shape index (κ3) is 2.91. The topological polar surface area (TPSA) is 78.1 Å². The van der Waals surface area contributed by atoms with E-state index in [1.807, 2.05) is 18.2 Å². The van der Waals surface area contributed by atoms with Gasteiger partial charge in [-0.2, -0.15) is 0 Å². The summed E-state index contributed by atoms with van der Waals surface area (Å²) in [6.45, 7) is 1.64. The predicted octanol–water partition coefficient (Wildman–Crippen LogP) is 2.72. The lowest BCUT2D eigenvalue weighted by atomic mass is 10.2. The molecule has 1 aliphatic heterocycles. The van der Waals surface area contributed by atoms with E-state index in [2.05, 4.69) is 9.73 Å². The Hall–Kier alpha value is -3.15. The normalized spacial score (nSPS) is 15.5. The second kappa shape index (κ2) is 5.92. The van der Waals surface area contributed by atoms with Crippen molar-refractivity contribution in [3.8, 4) is 0 Å². The van der Waals surface area contributed by atoms with Gasteiger partial charge < -0.3 is 13.9 Å². The Morgan fingerprint density at radius 2 is 2.00 bits per heavy atom. The van der Waals surface area contributed by atoms with Crippen molar-refractivity contribution in [1.29, 1.82) is 0 Å². The van der Waals surface area contributed by atoms with Crippen LogP contribution in [0.4, 0.5) is 0 Å². The number of aryl methyl sites for hydroxylation is 1. The lowest BCUT2D eigenvalue weighted by molar-refractivity contribution is -0.129. The maximum absolute atomic E-state index is 11.9. The number of hydrogen-bond donors (Lipinski definition) is 0. The van der Waals surface area contributed by atoms with E-state index in [4.69, 9.17) is 9.15 Å². The van der Waals surface area contributed by atoms with Crippen molar-refractivity contribution >= 4 is 23.9 Å². The third-order valence-corrected chi connectivity index (χ3v) is 3.26. The maximum atomic E-state index is 11.9. The smallest absolute Gasteiger partial charge is 0.363 e. The molecule has 0 spiro atoms. The molecule has 2 heterocycles. The summed E-state index contributed by atoms with van der Waals surface area (Å²) >= 11 is 0. The molecule has 1 aliphatic rings. The Labute approximate surface area is 132 Å². The first kappa shape index (κ1) is 14.8. The molecular weight excluding hydrogens is 298 g/mol. The van der Waals surface area contributed by atoms with E-state index in [1.165, 1.54) is 19.3 Å². The zero-order valence-electron chi connectivity index (χ0n) is 12.5. The Morgan fingerprint density at radius 1 is 1.26 bits per heavy atom. The number of cyclic esters (lactones) is 1. The van der Waals surface area contributed by atoms with Crippen LogP contribution in [0.5, 0.6) is 0 Å². The van der Waals surface area contributed by atoms with Crippen molar-refractivity contribution in [3.63, 3.8) is 0 Å². The van der Waals surface area contributed by atoms with Crippen LogP contribution in [-0.4, -0.2) is 24.9 Å². The summed E-state index contributed by atoms with van der Waals surface area (Å²) in [5.41, 5.74) is 1.11. The van der Waals surface area contributed by atoms with Gasteiger partial charge in [-0.15, -0.1) is 0 Å². The SMILES string of the molecule is COC(=O)c1cc(/C=C2/N=C(c3ccccc3)OC2=O)oc1C. The van der Waals surface area contributed by atoms with Crippen LogP contribution in [0.3, 0.4) is 0 Å². The molecule has 1 aromatic heterocycles. The molecule has 0 amide bonds. The highest BCUT2D eigenvalue weighted by Gasteiger charge is 2.25. The van der Waals surface area contributed by atoms with E-state index in [0.29, 0.717) is 22.6 Å². The zero-order valence-corrected chi connectivity index (χ0v) is 12.5. The van der Waals surface area contributed by atoms with E-state index in [0.717, 1.165) is 0 Å². The molecule has 0 N–H and O–H groups in total. The number of nitrogens with zero attached hydrogens (tertiary/aromatic N) is 1. The Morgan fingerprint density at radius 3 is 2.70 bits per heavy atom. The summed E-state index contributed by atoms with van der Waals surface area (Å²) in [5.74, 6) is -0.107. The molecule has 1 aromatic carbocycles. The highest BCUT2D eigenvalue weighted by Crippen LogP contribution is 2.22. The monoisotopic (exact) mass is 311 g/mol. The predicted molar refractivity (Wildman–Crippen MR) is 81.8 cm³/mol. The van der Waals surface area contributed by atoms with Crippen molar-refractivity contribution in [3.05, 3.63) is 64.7 Å². The molecule has 2 aromatic rings. The van der Waals surface area contributed by atoms with Gasteiger partial charge in [0.15, 0.2) is 5.70 Å². The lowest BCUT2D eigenvalue weighted by Gasteiger charge is -1.97. The molecule has 0 atom stereocenters. The average molecular weight is 311 g/mol. The number of rotatable bonds is 3. The molecular formula is C17H13NO5. The number of hydrogen-bond acceptors (Lipinski definition) is 6. The first-order valence-electron chi connectivity index (χ1n) is 6.85. The first-order chi connectivity index (χ1) is 11.1. The summed E-state index contributed by atoms with van der Waals surface area (Å²) in [6.07, 6.45) is 1.43. The number of methoxy groups -OCH3 is 1. The van der Waals surface area contributed by atoms with Gasteiger partial charge in [0.25, 0.3) is 0 Å². The van der Waals surface area contributed by atoms with Crippen molar-refractivity contribution in [2.45, 2.75) is 6.92 Å². The summed E-state index contributed by atoms with van der Waals surface area (Å²) in [7, 11) is 1.29. The van der Waals surface area contributed by atoms with Gasteiger partial charge in [0.2, 0.25) is 5.90 Å². The van der Waals surface area contributed by atoms with Gasteiger partial charge in [-0.3, -0.25) is 0 Å². The Kier molecular flexibility index (Phi) is 3.80. The zero-order chi connectivity index (χ0) is 16.4. The van der Waals surface area contributed by atoms with Crippen LogP contribution in [0.15, 0.2) is 51.5 Å². The molecule has 0 saturated heterocycles. The molecule has 23 heavy (non-hydrogen) atoms. The van der Waals surface area contributed by atoms with Crippen LogP contribution >= 0.6 is 0 Å². The fourth-order valence-electron chi connectivity index (χ4n) is 2.14. The third-order valence-electron chi connectivity index (χ3n) is 3.26. The molecule has 0 fully saturated rings. The van der Waals surface area contributed by atoms with Crippen LogP contribution in [0, 0.1) is 6.92 Å². The van der Waals surface area contributed by atoms with Gasteiger partial charge in [-0.05, 0) is 25.1 Å². The van der Waals surface area contributed by atoms with E-state index in [-0.39, 0.29) is 11.6 Å². The fraction of sp³-hybridized carbons (Fsp3) is 0.118. The minimum Gasteiger partial charge on any atom is -0.465 e. The van der Waals surface area contributed by atoms with E-state index in [9.17, 15) is 9.59 Å². The Bertz CT molecular complexity index is 830. The Balaban J connectivity index is 1.92. The van der Waals surface area contributed by atoms with Gasteiger partial charge in [-0.1, -0.05) is 18.2 Å². The highest BCUT2D eigenvalue weighted by atomic mass is 16.6. The summed E-state index contributed by atoms with van der Waals surface area (Å²) in [5, 5.41) is 0. The number of ether oxygens (including phenoxy) is 2. The molecule has 3 rings (SSSR count). The molecule has 0 saturated carbocycles. The number of carbonyl (C=O) groups is 2. The van der Waals surface area contributed by atoms with Crippen LogP contribution in [-0.2, 0) is 14.3 Å². The summed E-state index contributed by atoms with van der Waals surface area (Å²) < 4.78 is 15.2. The summed E-state index contributed by atoms with van der Waals surface area (Å²) in [6, 6.07) is 10.6. The van der Waals surface area contributed by atoms with Gasteiger partial charge in [-0.25, -0.2) is 14.6 Å². The molecule has 0 unspecified atom stereocenters. The maximum Gasteiger partial charge on any atom is 0.363 e. The van der Waals surface area contributed by atoms with Crippen molar-refractivity contribution in [1.82, 2.24) is 0 Å². The first-order valence-corrected chi connectivity index (χ1v) is 6.85. The number of esters is 2. The fourth-order valence-corrected chi connectivity index (χ4v) is 2.14. The largest absolute Gasteiger partial charge is 0.465 e. The molecule has 6 heteroatoms. The molecule has 0 bridgehead atoms. The standard InChI is InChI=1S/C17H13NO5/c1-10-13(16(19)21-2)8-12(22-10)9-14-17(20)23-15(18-14)11-6-4-3-5-7-11/h3-9H,1-2H3/b14-9+. The summed E-state index contributed by atoms with van der Waals surface area (Å²) in [4.78, 5) is 27.6. The average Bonchev–Trinajstić information content (AvgIpc) is 3.11.